The van der Waals surface area contributed by atoms with Gasteiger partial charge >= 0.3 is 5.97 Å². The average molecular weight is 324 g/mol. The molecule has 3 N–H and O–H groups in total. The Bertz CT molecular complexity index is 560. The van der Waals surface area contributed by atoms with Gasteiger partial charge in [-0.25, -0.2) is 4.79 Å². The molecule has 0 aliphatic heterocycles. The van der Waals surface area contributed by atoms with Gasteiger partial charge in [-0.1, -0.05) is 12.1 Å². The largest absolute Gasteiger partial charge is 0.449 e. The first-order valence-corrected chi connectivity index (χ1v) is 7.81. The summed E-state index contributed by atoms with van der Waals surface area (Å²) < 4.78 is 4.98. The average Bonchev–Trinajstić information content (AvgIpc) is 2.44. The van der Waals surface area contributed by atoms with E-state index in [9.17, 15) is 14.4 Å². The van der Waals surface area contributed by atoms with Gasteiger partial charge in [-0.3, -0.25) is 9.59 Å². The van der Waals surface area contributed by atoms with Crippen LogP contribution in [0.2, 0.25) is 0 Å². The molecule has 0 aliphatic carbocycles. The molecule has 0 spiro atoms. The van der Waals surface area contributed by atoms with E-state index in [1.807, 2.05) is 13.8 Å². The Morgan fingerprint density at radius 3 is 2.45 bits per heavy atom. The molecule has 1 aromatic carbocycles. The lowest BCUT2D eigenvalue weighted by atomic mass is 10.2. The second-order valence-electron chi connectivity index (χ2n) is 4.96. The molecular formula is C15H20N2O4S. The van der Waals surface area contributed by atoms with Crippen molar-refractivity contribution in [1.82, 2.24) is 5.32 Å². The van der Waals surface area contributed by atoms with Crippen LogP contribution < -0.4 is 11.1 Å². The predicted molar refractivity (Wildman–Crippen MR) is 84.5 cm³/mol. The highest BCUT2D eigenvalue weighted by atomic mass is 32.2. The van der Waals surface area contributed by atoms with Crippen molar-refractivity contribution >= 4 is 29.5 Å². The Morgan fingerprint density at radius 1 is 1.23 bits per heavy atom. The van der Waals surface area contributed by atoms with E-state index in [4.69, 9.17) is 10.5 Å². The minimum atomic E-state index is -1.00. The summed E-state index contributed by atoms with van der Waals surface area (Å²) in [5.41, 5.74) is 5.37. The summed E-state index contributed by atoms with van der Waals surface area (Å²) >= 11 is 1.23. The summed E-state index contributed by atoms with van der Waals surface area (Å²) in [5.74, 6) is -1.28. The number of amides is 2. The zero-order chi connectivity index (χ0) is 16.7. The molecule has 0 bridgehead atoms. The summed E-state index contributed by atoms with van der Waals surface area (Å²) in [5, 5.41) is 2.77. The first-order valence-electron chi connectivity index (χ1n) is 6.82. The van der Waals surface area contributed by atoms with Gasteiger partial charge in [-0.2, -0.15) is 0 Å². The summed E-state index contributed by atoms with van der Waals surface area (Å²) in [6, 6.07) is 6.81. The molecule has 0 saturated heterocycles. The maximum absolute atomic E-state index is 12.1. The van der Waals surface area contributed by atoms with Crippen molar-refractivity contribution < 1.29 is 19.1 Å². The highest BCUT2D eigenvalue weighted by Crippen LogP contribution is 2.23. The molecule has 0 fully saturated rings. The minimum Gasteiger partial charge on any atom is -0.449 e. The van der Waals surface area contributed by atoms with Crippen molar-refractivity contribution in [1.29, 1.82) is 0 Å². The highest BCUT2D eigenvalue weighted by molar-refractivity contribution is 8.00. The van der Waals surface area contributed by atoms with E-state index in [0.717, 1.165) is 0 Å². The lowest BCUT2D eigenvalue weighted by molar-refractivity contribution is -0.125. The van der Waals surface area contributed by atoms with Crippen LogP contribution in [0.4, 0.5) is 0 Å². The van der Waals surface area contributed by atoms with Crippen molar-refractivity contribution in [2.75, 3.05) is 5.75 Å². The summed E-state index contributed by atoms with van der Waals surface area (Å²) in [7, 11) is 0. The molecule has 0 aliphatic rings. The minimum absolute atomic E-state index is 0.0599. The smallest absolute Gasteiger partial charge is 0.340 e. The van der Waals surface area contributed by atoms with Gasteiger partial charge in [0.1, 0.15) is 0 Å². The van der Waals surface area contributed by atoms with Crippen LogP contribution in [0.5, 0.6) is 0 Å². The van der Waals surface area contributed by atoms with Gasteiger partial charge in [0, 0.05) is 10.9 Å². The van der Waals surface area contributed by atoms with Crippen LogP contribution in [0.25, 0.3) is 0 Å². The Morgan fingerprint density at radius 2 is 1.86 bits per heavy atom. The first kappa shape index (κ1) is 18.0. The zero-order valence-corrected chi connectivity index (χ0v) is 13.6. The lowest BCUT2D eigenvalue weighted by Crippen LogP contribution is -2.31. The van der Waals surface area contributed by atoms with Crippen LogP contribution >= 0.6 is 11.8 Å². The fourth-order valence-corrected chi connectivity index (χ4v) is 2.40. The molecule has 0 radical (unpaired) electrons. The van der Waals surface area contributed by atoms with Gasteiger partial charge in [-0.05, 0) is 32.9 Å². The van der Waals surface area contributed by atoms with Crippen LogP contribution in [0.1, 0.15) is 31.1 Å². The van der Waals surface area contributed by atoms with E-state index in [0.29, 0.717) is 10.5 Å². The number of esters is 1. The van der Waals surface area contributed by atoms with Crippen LogP contribution in [-0.4, -0.2) is 35.7 Å². The Labute approximate surface area is 133 Å². The predicted octanol–water partition coefficient (Wildman–Crippen LogP) is 1.33. The molecule has 22 heavy (non-hydrogen) atoms. The SMILES string of the molecule is CC(C)NC(=O)CSc1ccccc1C(=O)O[C@@H](C)C(N)=O. The number of primary amides is 1. The van der Waals surface area contributed by atoms with E-state index in [1.165, 1.54) is 18.7 Å². The van der Waals surface area contributed by atoms with Crippen LogP contribution in [0.3, 0.4) is 0 Å². The van der Waals surface area contributed by atoms with E-state index in [1.54, 1.807) is 24.3 Å². The maximum Gasteiger partial charge on any atom is 0.340 e. The first-order chi connectivity index (χ1) is 10.3. The molecule has 1 rings (SSSR count). The number of carbonyl (C=O) groups excluding carboxylic acids is 3. The third-order valence-electron chi connectivity index (χ3n) is 2.60. The summed E-state index contributed by atoms with van der Waals surface area (Å²) in [6.07, 6.45) is -1.00. The van der Waals surface area contributed by atoms with Crippen LogP contribution in [0, 0.1) is 0 Å². The third-order valence-corrected chi connectivity index (χ3v) is 3.67. The van der Waals surface area contributed by atoms with Crippen molar-refractivity contribution in [3.05, 3.63) is 29.8 Å². The summed E-state index contributed by atoms with van der Waals surface area (Å²) in [4.78, 5) is 35.3. The number of carbonyl (C=O) groups is 3. The number of benzene rings is 1. The number of nitrogens with one attached hydrogen (secondary N) is 1. The molecule has 0 aromatic heterocycles. The number of thioether (sulfide) groups is 1. The fourth-order valence-electron chi connectivity index (χ4n) is 1.55. The van der Waals surface area contributed by atoms with Gasteiger partial charge in [0.2, 0.25) is 5.91 Å². The molecule has 7 heteroatoms. The molecule has 1 atom stereocenters. The molecule has 2 amide bonds. The molecule has 0 heterocycles. The van der Waals surface area contributed by atoms with Gasteiger partial charge in [0.25, 0.3) is 5.91 Å². The van der Waals surface area contributed by atoms with Crippen molar-refractivity contribution in [3.63, 3.8) is 0 Å². The van der Waals surface area contributed by atoms with E-state index in [-0.39, 0.29) is 17.7 Å². The monoisotopic (exact) mass is 324 g/mol. The number of hydrogen-bond acceptors (Lipinski definition) is 5. The Kier molecular flexibility index (Phi) is 6.91. The van der Waals surface area contributed by atoms with Crippen molar-refractivity contribution in [2.24, 2.45) is 5.73 Å². The molecular weight excluding hydrogens is 304 g/mol. The maximum atomic E-state index is 12.1. The third kappa shape index (κ3) is 5.77. The molecule has 1 aromatic rings. The number of rotatable bonds is 7. The second kappa shape index (κ2) is 8.43. The molecule has 120 valence electrons. The standard InChI is InChI=1S/C15H20N2O4S/c1-9(2)17-13(18)8-22-12-7-5-4-6-11(12)15(20)21-10(3)14(16)19/h4-7,9-10H,8H2,1-3H3,(H2,16,19)(H,17,18)/t10-/m0/s1. The number of ether oxygens (including phenoxy) is 1. The van der Waals surface area contributed by atoms with Crippen molar-refractivity contribution in [3.8, 4) is 0 Å². The zero-order valence-electron chi connectivity index (χ0n) is 12.8. The Hall–Kier alpha value is -2.02. The highest BCUT2D eigenvalue weighted by Gasteiger charge is 2.19. The number of hydrogen-bond donors (Lipinski definition) is 2. The lowest BCUT2D eigenvalue weighted by Gasteiger charge is -2.12. The summed E-state index contributed by atoms with van der Waals surface area (Å²) in [6.45, 7) is 5.16. The van der Waals surface area contributed by atoms with E-state index >= 15 is 0 Å². The van der Waals surface area contributed by atoms with Crippen molar-refractivity contribution in [2.45, 2.75) is 37.8 Å². The van der Waals surface area contributed by atoms with Crippen LogP contribution in [0.15, 0.2) is 29.2 Å². The topological polar surface area (TPSA) is 98.5 Å². The molecule has 0 saturated carbocycles. The normalized spacial score (nSPS) is 11.8. The molecule has 6 nitrogen and oxygen atoms in total. The van der Waals surface area contributed by atoms with Gasteiger partial charge < -0.3 is 15.8 Å². The van der Waals surface area contributed by atoms with Gasteiger partial charge in [-0.15, -0.1) is 11.8 Å². The number of nitrogens with two attached hydrogens (primary N) is 1. The Balaban J connectivity index is 2.75. The fraction of sp³-hybridized carbons (Fsp3) is 0.400. The quantitative estimate of drug-likeness (QED) is 0.582. The van der Waals surface area contributed by atoms with E-state index < -0.39 is 18.0 Å². The van der Waals surface area contributed by atoms with Crippen LogP contribution in [-0.2, 0) is 14.3 Å². The van der Waals surface area contributed by atoms with Gasteiger partial charge in [0.15, 0.2) is 6.10 Å². The second-order valence-corrected chi connectivity index (χ2v) is 5.97. The molecule has 0 unspecified atom stereocenters. The van der Waals surface area contributed by atoms with Gasteiger partial charge in [0.05, 0.1) is 11.3 Å². The van der Waals surface area contributed by atoms with E-state index in [2.05, 4.69) is 5.32 Å².